The van der Waals surface area contributed by atoms with Crippen molar-refractivity contribution in [3.63, 3.8) is 0 Å². The summed E-state index contributed by atoms with van der Waals surface area (Å²) in [4.78, 5) is 0. The van der Waals surface area contributed by atoms with Crippen LogP contribution in [0.4, 0.5) is 0 Å². The maximum Gasteiger partial charge on any atom is 0.0537 e. The van der Waals surface area contributed by atoms with Gasteiger partial charge in [0.15, 0.2) is 0 Å². The predicted octanol–water partition coefficient (Wildman–Crippen LogP) is 1.80. The lowest BCUT2D eigenvalue weighted by Crippen LogP contribution is -2.16. The molecule has 18 heavy (non-hydrogen) atoms. The Morgan fingerprint density at radius 1 is 1.28 bits per heavy atom. The van der Waals surface area contributed by atoms with Crippen LogP contribution in [0, 0.1) is 6.92 Å². The van der Waals surface area contributed by atoms with Crippen molar-refractivity contribution < 1.29 is 0 Å². The van der Waals surface area contributed by atoms with Crippen molar-refractivity contribution in [2.75, 3.05) is 0 Å². The lowest BCUT2D eigenvalue weighted by molar-refractivity contribution is 0.517. The van der Waals surface area contributed by atoms with Crippen LogP contribution in [0.3, 0.4) is 0 Å². The van der Waals surface area contributed by atoms with E-state index in [2.05, 4.69) is 41.0 Å². The highest BCUT2D eigenvalue weighted by molar-refractivity contribution is 5.16. The van der Waals surface area contributed by atoms with Crippen molar-refractivity contribution >= 4 is 0 Å². The minimum atomic E-state index is 0.413. The summed E-state index contributed by atoms with van der Waals surface area (Å²) < 4.78 is 3.94. The number of rotatable bonds is 5. The normalized spacial score (nSPS) is 11.4. The molecule has 2 heterocycles. The molecule has 0 aromatic carbocycles. The van der Waals surface area contributed by atoms with Gasteiger partial charge in [-0.05, 0) is 26.8 Å². The molecule has 0 spiro atoms. The second-order valence-electron chi connectivity index (χ2n) is 4.84. The molecule has 1 N–H and O–H groups in total. The first-order valence-corrected chi connectivity index (χ1v) is 6.30. The summed E-state index contributed by atoms with van der Waals surface area (Å²) in [6.45, 7) is 8.07. The first-order valence-electron chi connectivity index (χ1n) is 6.30. The molecule has 0 aliphatic rings. The number of hydrogen-bond donors (Lipinski definition) is 1. The number of nitrogens with zero attached hydrogens (tertiary/aromatic N) is 4. The molecular weight excluding hydrogens is 226 g/mol. The van der Waals surface area contributed by atoms with Crippen molar-refractivity contribution in [3.05, 3.63) is 35.4 Å². The summed E-state index contributed by atoms with van der Waals surface area (Å²) in [6, 6.07) is 2.44. The van der Waals surface area contributed by atoms with Gasteiger partial charge in [-0.1, -0.05) is 0 Å². The second kappa shape index (κ2) is 5.35. The maximum atomic E-state index is 4.41. The smallest absolute Gasteiger partial charge is 0.0537 e. The van der Waals surface area contributed by atoms with Crippen LogP contribution in [-0.4, -0.2) is 19.6 Å². The molecule has 2 aromatic rings. The van der Waals surface area contributed by atoms with E-state index >= 15 is 0 Å². The molecular formula is C13H21N5. The van der Waals surface area contributed by atoms with Crippen LogP contribution in [-0.2, 0) is 20.1 Å². The van der Waals surface area contributed by atoms with E-state index in [-0.39, 0.29) is 0 Å². The summed E-state index contributed by atoms with van der Waals surface area (Å²) in [7, 11) is 1.96. The van der Waals surface area contributed by atoms with Gasteiger partial charge in [-0.2, -0.15) is 10.2 Å². The minimum Gasteiger partial charge on any atom is -0.307 e. The molecule has 0 radical (unpaired) electrons. The molecule has 0 unspecified atom stereocenters. The summed E-state index contributed by atoms with van der Waals surface area (Å²) in [6.07, 6.45) is 3.77. The molecule has 2 rings (SSSR count). The van der Waals surface area contributed by atoms with Crippen molar-refractivity contribution in [1.29, 1.82) is 0 Å². The van der Waals surface area contributed by atoms with Crippen LogP contribution >= 0.6 is 0 Å². The number of hydrogen-bond acceptors (Lipinski definition) is 3. The lowest BCUT2D eigenvalue weighted by Gasteiger charge is -2.09. The van der Waals surface area contributed by atoms with Crippen LogP contribution in [0.15, 0.2) is 18.5 Å². The Morgan fingerprint density at radius 2 is 2.06 bits per heavy atom. The Morgan fingerprint density at radius 3 is 2.61 bits per heavy atom. The van der Waals surface area contributed by atoms with Gasteiger partial charge >= 0.3 is 0 Å². The van der Waals surface area contributed by atoms with Crippen LogP contribution in [0.25, 0.3) is 0 Å². The van der Waals surface area contributed by atoms with Crippen LogP contribution < -0.4 is 5.32 Å². The number of aryl methyl sites for hydroxylation is 1. The quantitative estimate of drug-likeness (QED) is 0.876. The second-order valence-corrected chi connectivity index (χ2v) is 4.84. The predicted molar refractivity (Wildman–Crippen MR) is 71.1 cm³/mol. The summed E-state index contributed by atoms with van der Waals surface area (Å²) >= 11 is 0. The highest BCUT2D eigenvalue weighted by atomic mass is 15.3. The molecule has 0 fully saturated rings. The first kappa shape index (κ1) is 12.8. The SMILES string of the molecule is Cc1c(CNCc2ccnn2C)cnn1C(C)C. The minimum absolute atomic E-state index is 0.413. The molecule has 0 saturated carbocycles. The van der Waals surface area contributed by atoms with E-state index in [0.717, 1.165) is 13.1 Å². The fourth-order valence-corrected chi connectivity index (χ4v) is 2.05. The molecule has 0 atom stereocenters. The highest BCUT2D eigenvalue weighted by Gasteiger charge is 2.08. The van der Waals surface area contributed by atoms with E-state index in [1.807, 2.05) is 30.2 Å². The maximum absolute atomic E-state index is 4.41. The topological polar surface area (TPSA) is 47.7 Å². The fourth-order valence-electron chi connectivity index (χ4n) is 2.05. The average molecular weight is 247 g/mol. The van der Waals surface area contributed by atoms with Gasteiger partial charge in [-0.15, -0.1) is 0 Å². The Hall–Kier alpha value is -1.62. The van der Waals surface area contributed by atoms with Gasteiger partial charge in [0.1, 0.15) is 0 Å². The molecule has 2 aromatic heterocycles. The summed E-state index contributed by atoms with van der Waals surface area (Å²) in [5, 5.41) is 12.0. The monoisotopic (exact) mass is 247 g/mol. The Balaban J connectivity index is 1.93. The van der Waals surface area contributed by atoms with Gasteiger partial charge in [-0.3, -0.25) is 9.36 Å². The first-order chi connectivity index (χ1) is 8.59. The van der Waals surface area contributed by atoms with Crippen LogP contribution in [0.2, 0.25) is 0 Å². The van der Waals surface area contributed by atoms with Crippen molar-refractivity contribution in [1.82, 2.24) is 24.9 Å². The van der Waals surface area contributed by atoms with Crippen LogP contribution in [0.5, 0.6) is 0 Å². The number of aromatic nitrogens is 4. The zero-order valence-electron chi connectivity index (χ0n) is 11.5. The Kier molecular flexibility index (Phi) is 3.81. The van der Waals surface area contributed by atoms with Gasteiger partial charge in [0.2, 0.25) is 0 Å². The van der Waals surface area contributed by atoms with E-state index in [9.17, 15) is 0 Å². The Bertz CT molecular complexity index is 509. The van der Waals surface area contributed by atoms with Crippen molar-refractivity contribution in [3.8, 4) is 0 Å². The zero-order valence-corrected chi connectivity index (χ0v) is 11.5. The standard InChI is InChI=1S/C13H21N5/c1-10(2)18-11(3)12(8-16-18)7-14-9-13-5-6-15-17(13)4/h5-6,8,10,14H,7,9H2,1-4H3. The van der Waals surface area contributed by atoms with Crippen LogP contribution in [0.1, 0.15) is 36.8 Å². The van der Waals surface area contributed by atoms with E-state index < -0.39 is 0 Å². The third kappa shape index (κ3) is 2.61. The van der Waals surface area contributed by atoms with Crippen molar-refractivity contribution in [2.24, 2.45) is 7.05 Å². The number of nitrogens with one attached hydrogen (secondary N) is 1. The molecule has 98 valence electrons. The van der Waals surface area contributed by atoms with Gasteiger partial charge < -0.3 is 5.32 Å². The van der Waals surface area contributed by atoms with Gasteiger partial charge in [0.05, 0.1) is 11.9 Å². The average Bonchev–Trinajstić information content (AvgIpc) is 2.87. The van der Waals surface area contributed by atoms with E-state index in [1.54, 1.807) is 0 Å². The molecule has 5 nitrogen and oxygen atoms in total. The van der Waals surface area contributed by atoms with Crippen molar-refractivity contribution in [2.45, 2.75) is 39.9 Å². The van der Waals surface area contributed by atoms with Gasteiger partial charge in [0, 0.05) is 43.6 Å². The summed E-state index contributed by atoms with van der Waals surface area (Å²) in [5.41, 5.74) is 3.68. The zero-order chi connectivity index (χ0) is 13.1. The highest BCUT2D eigenvalue weighted by Crippen LogP contribution is 2.12. The van der Waals surface area contributed by atoms with E-state index in [1.165, 1.54) is 17.0 Å². The van der Waals surface area contributed by atoms with E-state index in [4.69, 9.17) is 0 Å². The third-order valence-electron chi connectivity index (χ3n) is 3.18. The molecule has 0 bridgehead atoms. The largest absolute Gasteiger partial charge is 0.307 e. The van der Waals surface area contributed by atoms with Gasteiger partial charge in [-0.25, -0.2) is 0 Å². The lowest BCUT2D eigenvalue weighted by atomic mass is 10.2. The van der Waals surface area contributed by atoms with Gasteiger partial charge in [0.25, 0.3) is 0 Å². The summed E-state index contributed by atoms with van der Waals surface area (Å²) in [5.74, 6) is 0. The molecule has 0 saturated heterocycles. The third-order valence-corrected chi connectivity index (χ3v) is 3.18. The molecule has 0 amide bonds. The molecule has 0 aliphatic heterocycles. The fraction of sp³-hybridized carbons (Fsp3) is 0.538. The molecule has 0 aliphatic carbocycles. The molecule has 5 heteroatoms. The Labute approximate surface area is 108 Å². The van der Waals surface area contributed by atoms with E-state index in [0.29, 0.717) is 6.04 Å².